The van der Waals surface area contributed by atoms with E-state index in [0.29, 0.717) is 0 Å². The summed E-state index contributed by atoms with van der Waals surface area (Å²) in [7, 11) is 1.90. The molecule has 0 saturated heterocycles. The third kappa shape index (κ3) is 2.21. The van der Waals surface area contributed by atoms with E-state index in [1.165, 1.54) is 11.1 Å². The molecule has 3 heteroatoms. The lowest BCUT2D eigenvalue weighted by Crippen LogP contribution is -2.05. The highest BCUT2D eigenvalue weighted by Crippen LogP contribution is 2.28. The van der Waals surface area contributed by atoms with E-state index in [2.05, 4.69) is 60.3 Å². The van der Waals surface area contributed by atoms with Gasteiger partial charge in [-0.25, -0.2) is 9.97 Å². The van der Waals surface area contributed by atoms with E-state index >= 15 is 0 Å². The van der Waals surface area contributed by atoms with Crippen molar-refractivity contribution in [1.82, 2.24) is 9.97 Å². The summed E-state index contributed by atoms with van der Waals surface area (Å²) in [6, 6.07) is 8.33. The maximum absolute atomic E-state index is 4.68. The Bertz CT molecular complexity index is 562. The number of aryl methyl sites for hydroxylation is 2. The minimum absolute atomic E-state index is 0.841. The number of nitrogens with zero attached hydrogens (tertiary/aromatic N) is 2. The number of hydrogen-bond acceptors (Lipinski definition) is 3. The zero-order chi connectivity index (χ0) is 13.1. The van der Waals surface area contributed by atoms with Gasteiger partial charge in [-0.15, -0.1) is 0 Å². The molecular weight excluding hydrogens is 222 g/mol. The van der Waals surface area contributed by atoms with Gasteiger partial charge in [0, 0.05) is 24.6 Å². The van der Waals surface area contributed by atoms with Crippen LogP contribution in [0.4, 0.5) is 5.82 Å². The molecule has 0 unspecified atom stereocenters. The summed E-state index contributed by atoms with van der Waals surface area (Å²) in [4.78, 5) is 9.18. The lowest BCUT2D eigenvalue weighted by molar-refractivity contribution is 0.935. The Balaban J connectivity index is 2.67. The highest BCUT2D eigenvalue weighted by atomic mass is 15.0. The summed E-state index contributed by atoms with van der Waals surface area (Å²) < 4.78 is 0. The highest BCUT2D eigenvalue weighted by molar-refractivity contribution is 5.70. The van der Waals surface area contributed by atoms with Crippen molar-refractivity contribution in [3.8, 4) is 11.3 Å². The molecule has 0 radical (unpaired) electrons. The summed E-state index contributed by atoms with van der Waals surface area (Å²) in [6.07, 6.45) is 0.841. The van der Waals surface area contributed by atoms with Gasteiger partial charge in [0.15, 0.2) is 0 Å². The Morgan fingerprint density at radius 1 is 1.11 bits per heavy atom. The van der Waals surface area contributed by atoms with Crippen LogP contribution in [0.2, 0.25) is 0 Å². The SMILES string of the molecule is CCc1nc(NC)c(C)c(-c2ccccc2C)n1. The molecule has 0 bridgehead atoms. The van der Waals surface area contributed by atoms with Crippen molar-refractivity contribution in [2.24, 2.45) is 0 Å². The molecular formula is C15H19N3. The summed E-state index contributed by atoms with van der Waals surface area (Å²) in [5, 5.41) is 3.15. The first-order valence-corrected chi connectivity index (χ1v) is 6.28. The molecule has 0 fully saturated rings. The Labute approximate surface area is 108 Å². The fourth-order valence-corrected chi connectivity index (χ4v) is 2.07. The quantitative estimate of drug-likeness (QED) is 0.895. The normalized spacial score (nSPS) is 10.4. The van der Waals surface area contributed by atoms with Crippen LogP contribution in [0.3, 0.4) is 0 Å². The number of rotatable bonds is 3. The molecule has 3 nitrogen and oxygen atoms in total. The van der Waals surface area contributed by atoms with Crippen LogP contribution in [0.1, 0.15) is 23.9 Å². The Morgan fingerprint density at radius 3 is 2.44 bits per heavy atom. The zero-order valence-corrected chi connectivity index (χ0v) is 11.4. The van der Waals surface area contributed by atoms with Gasteiger partial charge in [-0.2, -0.15) is 0 Å². The summed E-state index contributed by atoms with van der Waals surface area (Å²) >= 11 is 0. The second-order valence-corrected chi connectivity index (χ2v) is 4.38. The van der Waals surface area contributed by atoms with Crippen LogP contribution in [0.15, 0.2) is 24.3 Å². The van der Waals surface area contributed by atoms with E-state index in [4.69, 9.17) is 0 Å². The van der Waals surface area contributed by atoms with Crippen LogP contribution in [-0.2, 0) is 6.42 Å². The topological polar surface area (TPSA) is 37.8 Å². The van der Waals surface area contributed by atoms with Crippen LogP contribution in [0, 0.1) is 13.8 Å². The molecule has 1 heterocycles. The first-order chi connectivity index (χ1) is 8.67. The second kappa shape index (κ2) is 5.17. The van der Waals surface area contributed by atoms with Crippen LogP contribution in [0.5, 0.6) is 0 Å². The molecule has 2 rings (SSSR count). The molecule has 2 aromatic rings. The Kier molecular flexibility index (Phi) is 3.60. The number of aromatic nitrogens is 2. The molecule has 0 amide bonds. The molecule has 0 aliphatic heterocycles. The van der Waals surface area contributed by atoms with Gasteiger partial charge in [0.1, 0.15) is 11.6 Å². The van der Waals surface area contributed by atoms with Gasteiger partial charge < -0.3 is 5.32 Å². The molecule has 1 aromatic carbocycles. The largest absolute Gasteiger partial charge is 0.373 e. The van der Waals surface area contributed by atoms with Gasteiger partial charge >= 0.3 is 0 Å². The van der Waals surface area contributed by atoms with Gasteiger partial charge in [-0.3, -0.25) is 0 Å². The van der Waals surface area contributed by atoms with E-state index in [1.54, 1.807) is 0 Å². The monoisotopic (exact) mass is 241 g/mol. The van der Waals surface area contributed by atoms with Gasteiger partial charge in [-0.1, -0.05) is 31.2 Å². The maximum Gasteiger partial charge on any atom is 0.132 e. The molecule has 0 saturated carbocycles. The van der Waals surface area contributed by atoms with Crippen molar-refractivity contribution in [2.45, 2.75) is 27.2 Å². The number of nitrogens with one attached hydrogen (secondary N) is 1. The molecule has 94 valence electrons. The molecule has 0 aliphatic carbocycles. The predicted molar refractivity (Wildman–Crippen MR) is 75.9 cm³/mol. The van der Waals surface area contributed by atoms with Gasteiger partial charge in [0.05, 0.1) is 5.69 Å². The fourth-order valence-electron chi connectivity index (χ4n) is 2.07. The number of benzene rings is 1. The van der Waals surface area contributed by atoms with E-state index in [9.17, 15) is 0 Å². The zero-order valence-electron chi connectivity index (χ0n) is 11.4. The average molecular weight is 241 g/mol. The fraction of sp³-hybridized carbons (Fsp3) is 0.333. The number of anilines is 1. The average Bonchev–Trinajstić information content (AvgIpc) is 2.40. The van der Waals surface area contributed by atoms with Crippen LogP contribution < -0.4 is 5.32 Å². The Morgan fingerprint density at radius 2 is 1.83 bits per heavy atom. The molecule has 1 aromatic heterocycles. The Hall–Kier alpha value is -1.90. The first-order valence-electron chi connectivity index (χ1n) is 6.28. The van der Waals surface area contributed by atoms with E-state index < -0.39 is 0 Å². The lowest BCUT2D eigenvalue weighted by atomic mass is 10.0. The minimum Gasteiger partial charge on any atom is -0.373 e. The van der Waals surface area contributed by atoms with Gasteiger partial charge in [0.25, 0.3) is 0 Å². The lowest BCUT2D eigenvalue weighted by Gasteiger charge is -2.13. The molecule has 0 spiro atoms. The second-order valence-electron chi connectivity index (χ2n) is 4.38. The third-order valence-corrected chi connectivity index (χ3v) is 3.15. The van der Waals surface area contributed by atoms with E-state index in [0.717, 1.165) is 29.3 Å². The van der Waals surface area contributed by atoms with Crippen molar-refractivity contribution in [3.05, 3.63) is 41.2 Å². The molecule has 18 heavy (non-hydrogen) atoms. The van der Waals surface area contributed by atoms with E-state index in [1.807, 2.05) is 7.05 Å². The smallest absolute Gasteiger partial charge is 0.132 e. The minimum atomic E-state index is 0.841. The number of hydrogen-bond donors (Lipinski definition) is 1. The van der Waals surface area contributed by atoms with Crippen molar-refractivity contribution in [1.29, 1.82) is 0 Å². The molecule has 1 N–H and O–H groups in total. The molecule has 0 aliphatic rings. The van der Waals surface area contributed by atoms with Crippen LogP contribution >= 0.6 is 0 Å². The van der Waals surface area contributed by atoms with Crippen molar-refractivity contribution >= 4 is 5.82 Å². The molecule has 0 atom stereocenters. The first kappa shape index (κ1) is 12.6. The maximum atomic E-state index is 4.68. The summed E-state index contributed by atoms with van der Waals surface area (Å²) in [6.45, 7) is 6.25. The van der Waals surface area contributed by atoms with Crippen molar-refractivity contribution in [2.75, 3.05) is 12.4 Å². The van der Waals surface area contributed by atoms with Crippen LogP contribution in [0.25, 0.3) is 11.3 Å². The van der Waals surface area contributed by atoms with E-state index in [-0.39, 0.29) is 0 Å². The highest BCUT2D eigenvalue weighted by Gasteiger charge is 2.12. The third-order valence-electron chi connectivity index (χ3n) is 3.15. The standard InChI is InChI=1S/C15H19N3/c1-5-13-17-14(11(3)15(16-4)18-13)12-9-7-6-8-10(12)2/h6-9H,5H2,1-4H3,(H,16,17,18). The van der Waals surface area contributed by atoms with Gasteiger partial charge in [0.2, 0.25) is 0 Å². The predicted octanol–water partition coefficient (Wildman–Crippen LogP) is 3.36. The van der Waals surface area contributed by atoms with Gasteiger partial charge in [-0.05, 0) is 19.4 Å². The van der Waals surface area contributed by atoms with Crippen LogP contribution in [-0.4, -0.2) is 17.0 Å². The summed E-state index contributed by atoms with van der Waals surface area (Å²) in [5.74, 6) is 1.79. The summed E-state index contributed by atoms with van der Waals surface area (Å²) in [5.41, 5.74) is 4.56. The van der Waals surface area contributed by atoms with Crippen molar-refractivity contribution in [3.63, 3.8) is 0 Å². The van der Waals surface area contributed by atoms with Crippen molar-refractivity contribution < 1.29 is 0 Å².